The Bertz CT molecular complexity index is 750. The summed E-state index contributed by atoms with van der Waals surface area (Å²) in [6.45, 7) is 0. The molecule has 86 valence electrons. The third-order valence-corrected chi connectivity index (χ3v) is 3.68. The average molecular weight is 270 g/mol. The zero-order chi connectivity index (χ0) is 12.6. The van der Waals surface area contributed by atoms with Gasteiger partial charge in [0.25, 0.3) is 9.05 Å². The molecule has 0 heterocycles. The van der Waals surface area contributed by atoms with Crippen LogP contribution in [0.5, 0.6) is 5.75 Å². The Labute approximate surface area is 101 Å². The molecule has 5 nitrogen and oxygen atoms in total. The zero-order valence-electron chi connectivity index (χ0n) is 8.33. The van der Waals surface area contributed by atoms with Crippen LogP contribution in [0.4, 0.5) is 5.69 Å². The highest BCUT2D eigenvalue weighted by atomic mass is 35.7. The molecule has 0 atom stereocenters. The maximum Gasteiger partial charge on any atom is 0.433 e. The van der Waals surface area contributed by atoms with E-state index in [1.807, 2.05) is 0 Å². The number of benzene rings is 2. The average Bonchev–Trinajstić information content (AvgIpc) is 2.27. The summed E-state index contributed by atoms with van der Waals surface area (Å²) < 4.78 is 22.7. The molecule has 0 aliphatic heterocycles. The minimum Gasteiger partial charge on any atom is -0.501 e. The summed E-state index contributed by atoms with van der Waals surface area (Å²) in [7, 11) is 1.29. The van der Waals surface area contributed by atoms with Gasteiger partial charge in [-0.3, -0.25) is 0 Å². The van der Waals surface area contributed by atoms with E-state index in [0.29, 0.717) is 5.39 Å². The lowest BCUT2D eigenvalue weighted by molar-refractivity contribution is 0.477. The van der Waals surface area contributed by atoms with Crippen LogP contribution in [0.25, 0.3) is 15.7 Å². The van der Waals surface area contributed by atoms with E-state index in [1.165, 1.54) is 12.1 Å². The lowest BCUT2D eigenvalue weighted by Crippen LogP contribution is -1.92. The summed E-state index contributed by atoms with van der Waals surface area (Å²) >= 11 is 0. The molecule has 0 unspecified atom stereocenters. The lowest BCUT2D eigenvalue weighted by atomic mass is 10.1. The zero-order valence-corrected chi connectivity index (χ0v) is 9.90. The van der Waals surface area contributed by atoms with Crippen LogP contribution in [0.15, 0.2) is 35.2 Å². The quantitative estimate of drug-likeness (QED) is 0.637. The number of rotatable bonds is 1. The number of aromatic hydroxyl groups is 1. The number of fused-ring (bicyclic) bond motifs is 1. The third-order valence-electron chi connectivity index (χ3n) is 2.32. The Kier molecular flexibility index (Phi) is 2.65. The second-order valence-corrected chi connectivity index (χ2v) is 5.86. The van der Waals surface area contributed by atoms with Crippen LogP contribution in [-0.4, -0.2) is 13.5 Å². The molecular weight excluding hydrogens is 264 g/mol. The van der Waals surface area contributed by atoms with E-state index in [4.69, 9.17) is 16.1 Å². The minimum absolute atomic E-state index is 0.0929. The van der Waals surface area contributed by atoms with Crippen molar-refractivity contribution in [1.82, 2.24) is 0 Å². The second-order valence-electron chi connectivity index (χ2n) is 3.33. The summed E-state index contributed by atoms with van der Waals surface area (Å²) in [5, 5.41) is 19.0. The van der Waals surface area contributed by atoms with Gasteiger partial charge in [0.15, 0.2) is 4.98 Å². The summed E-state index contributed by atoms with van der Waals surface area (Å²) in [5.74, 6) is -0.453. The Morgan fingerprint density at radius 2 is 1.82 bits per heavy atom. The Balaban J connectivity index is 3.06. The highest BCUT2D eigenvalue weighted by Gasteiger charge is 2.25. The number of diazo groups is 1. The minimum atomic E-state index is -3.99. The maximum absolute atomic E-state index is 11.4. The molecule has 7 heteroatoms. The van der Waals surface area contributed by atoms with Crippen molar-refractivity contribution in [2.75, 3.05) is 0 Å². The van der Waals surface area contributed by atoms with Gasteiger partial charge in [-0.25, -0.2) is 8.42 Å². The molecule has 0 fully saturated rings. The van der Waals surface area contributed by atoms with Gasteiger partial charge in [0.2, 0.25) is 11.1 Å². The van der Waals surface area contributed by atoms with Crippen molar-refractivity contribution in [3.05, 3.63) is 35.3 Å². The van der Waals surface area contributed by atoms with Gasteiger partial charge < -0.3 is 5.11 Å². The SMILES string of the molecule is N#[N+]c1c(O)cc(S(=O)(=O)Cl)c2ccccc12. The summed E-state index contributed by atoms with van der Waals surface area (Å²) in [4.78, 5) is 2.71. The predicted octanol–water partition coefficient (Wildman–Crippen LogP) is 2.96. The summed E-state index contributed by atoms with van der Waals surface area (Å²) in [6.07, 6.45) is 0. The maximum atomic E-state index is 11.4. The second kappa shape index (κ2) is 3.87. The lowest BCUT2D eigenvalue weighted by Gasteiger charge is -2.02. The van der Waals surface area contributed by atoms with Crippen LogP contribution in [-0.2, 0) is 9.05 Å². The van der Waals surface area contributed by atoms with Crippen molar-refractivity contribution in [3.8, 4) is 5.75 Å². The molecule has 0 radical (unpaired) electrons. The molecule has 0 saturated heterocycles. The Hall–Kier alpha value is -1.84. The first-order chi connectivity index (χ1) is 7.95. The molecule has 0 spiro atoms. The van der Waals surface area contributed by atoms with Crippen molar-refractivity contribution in [2.45, 2.75) is 4.90 Å². The van der Waals surface area contributed by atoms with E-state index in [2.05, 4.69) is 4.98 Å². The Morgan fingerprint density at radius 3 is 2.35 bits per heavy atom. The largest absolute Gasteiger partial charge is 0.501 e. The highest BCUT2D eigenvalue weighted by molar-refractivity contribution is 8.14. The van der Waals surface area contributed by atoms with Crippen LogP contribution in [0, 0.1) is 5.39 Å². The molecule has 0 amide bonds. The fourth-order valence-electron chi connectivity index (χ4n) is 1.62. The first kappa shape index (κ1) is 11.6. The molecule has 2 rings (SSSR count). The van der Waals surface area contributed by atoms with Crippen LogP contribution in [0.3, 0.4) is 0 Å². The van der Waals surface area contributed by atoms with Crippen LogP contribution < -0.4 is 0 Å². The molecule has 1 N–H and O–H groups in total. The molecule has 17 heavy (non-hydrogen) atoms. The standard InChI is InChI=1S/C10H5ClN2O3S/c11-17(15,16)9-5-8(14)10(13-12)7-4-2-1-3-6(7)9/h1-5H/p+1. The molecule has 0 aliphatic rings. The highest BCUT2D eigenvalue weighted by Crippen LogP contribution is 2.39. The molecule has 2 aromatic rings. The number of phenolic OH excluding ortho intramolecular Hbond substituents is 1. The van der Waals surface area contributed by atoms with Gasteiger partial charge in [0, 0.05) is 22.1 Å². The van der Waals surface area contributed by atoms with Gasteiger partial charge in [-0.1, -0.05) is 18.2 Å². The number of phenols is 1. The molecule has 0 aromatic heterocycles. The van der Waals surface area contributed by atoms with Crippen molar-refractivity contribution in [3.63, 3.8) is 0 Å². The third kappa shape index (κ3) is 1.90. The predicted molar refractivity (Wildman–Crippen MR) is 63.4 cm³/mol. The summed E-state index contributed by atoms with van der Waals surface area (Å²) in [5.41, 5.74) is -0.0929. The first-order valence-corrected chi connectivity index (χ1v) is 6.80. The number of hydrogen-bond acceptors (Lipinski definition) is 4. The van der Waals surface area contributed by atoms with E-state index in [9.17, 15) is 13.5 Å². The normalized spacial score (nSPS) is 11.3. The fraction of sp³-hybridized carbons (Fsp3) is 0. The van der Waals surface area contributed by atoms with Gasteiger partial charge in [0.05, 0.1) is 10.3 Å². The van der Waals surface area contributed by atoms with E-state index in [-0.39, 0.29) is 16.0 Å². The molecular formula is C10H6ClN2O3S+. The number of halogens is 1. The van der Waals surface area contributed by atoms with Gasteiger partial charge in [-0.2, -0.15) is 0 Å². The topological polar surface area (TPSA) is 82.5 Å². The fourth-order valence-corrected chi connectivity index (χ4v) is 2.70. The van der Waals surface area contributed by atoms with Gasteiger partial charge in [0.1, 0.15) is 0 Å². The molecule has 2 aromatic carbocycles. The van der Waals surface area contributed by atoms with Gasteiger partial charge >= 0.3 is 5.69 Å². The first-order valence-electron chi connectivity index (χ1n) is 4.49. The van der Waals surface area contributed by atoms with E-state index in [1.54, 1.807) is 12.1 Å². The van der Waals surface area contributed by atoms with Crippen LogP contribution in [0.1, 0.15) is 0 Å². The number of nitrogens with zero attached hydrogens (tertiary/aromatic N) is 2. The monoisotopic (exact) mass is 269 g/mol. The van der Waals surface area contributed by atoms with Crippen molar-refractivity contribution in [2.24, 2.45) is 0 Å². The summed E-state index contributed by atoms with van der Waals surface area (Å²) in [6, 6.07) is 7.24. The Morgan fingerprint density at radius 1 is 1.24 bits per heavy atom. The van der Waals surface area contributed by atoms with Crippen molar-refractivity contribution < 1.29 is 13.5 Å². The number of hydrogen-bond donors (Lipinski definition) is 1. The van der Waals surface area contributed by atoms with E-state index in [0.717, 1.165) is 6.07 Å². The van der Waals surface area contributed by atoms with E-state index < -0.39 is 14.8 Å². The molecule has 0 saturated carbocycles. The van der Waals surface area contributed by atoms with Crippen molar-refractivity contribution in [1.29, 1.82) is 5.39 Å². The van der Waals surface area contributed by atoms with Crippen LogP contribution in [0.2, 0.25) is 0 Å². The molecule has 0 bridgehead atoms. The van der Waals surface area contributed by atoms with Gasteiger partial charge in [-0.05, 0) is 6.07 Å². The molecule has 0 aliphatic carbocycles. The van der Waals surface area contributed by atoms with Gasteiger partial charge in [-0.15, -0.1) is 0 Å². The van der Waals surface area contributed by atoms with Crippen molar-refractivity contribution >= 4 is 36.2 Å². The van der Waals surface area contributed by atoms with E-state index >= 15 is 0 Å². The van der Waals surface area contributed by atoms with Crippen LogP contribution >= 0.6 is 10.7 Å². The smallest absolute Gasteiger partial charge is 0.433 e.